The molecule has 1 aromatic heterocycles. The number of alkyl halides is 2. The maximum absolute atomic E-state index is 15.8. The van der Waals surface area contributed by atoms with Crippen LogP contribution >= 0.6 is 0 Å². The van der Waals surface area contributed by atoms with Gasteiger partial charge in [0.1, 0.15) is 15.6 Å². The summed E-state index contributed by atoms with van der Waals surface area (Å²) < 4.78 is 91.3. The monoisotopic (exact) mass is 998 g/mol. The van der Waals surface area contributed by atoms with Gasteiger partial charge in [-0.05, 0) is 131 Å². The number of nitrogens with zero attached hydrogens (tertiary/aromatic N) is 5. The Kier molecular flexibility index (Phi) is 13.4. The maximum Gasteiger partial charge on any atom is 0.285 e. The number of aryl methyl sites for hydroxylation is 1. The topological polar surface area (TPSA) is 170 Å². The molecule has 4 aromatic carbocycles. The van der Waals surface area contributed by atoms with E-state index in [4.69, 9.17) is 14.2 Å². The van der Waals surface area contributed by atoms with Crippen LogP contribution in [0.15, 0.2) is 72.8 Å². The number of hydrogen-bond acceptors (Lipinski definition) is 12. The fraction of sp³-hybridized carbons (Fsp3) is 0.442. The van der Waals surface area contributed by atoms with Gasteiger partial charge in [-0.1, -0.05) is 12.1 Å². The van der Waals surface area contributed by atoms with Crippen LogP contribution in [0.25, 0.3) is 10.9 Å². The molecule has 9 rings (SSSR count). The van der Waals surface area contributed by atoms with Gasteiger partial charge in [-0.15, -0.1) is 0 Å². The number of piperidine rings is 3. The largest absolute Gasteiger partial charge is 0.493 e. The Hall–Kier alpha value is -6.47. The van der Waals surface area contributed by atoms with Crippen LogP contribution in [-0.4, -0.2) is 110 Å². The Morgan fingerprint density at radius 1 is 0.887 bits per heavy atom. The molecule has 4 aliphatic rings. The molecule has 3 fully saturated rings. The van der Waals surface area contributed by atoms with Crippen molar-refractivity contribution in [1.82, 2.24) is 24.9 Å². The molecule has 71 heavy (non-hydrogen) atoms. The molecule has 0 spiro atoms. The summed E-state index contributed by atoms with van der Waals surface area (Å²) in [6.45, 7) is 5.59. The van der Waals surface area contributed by atoms with E-state index in [0.717, 1.165) is 36.8 Å². The minimum Gasteiger partial charge on any atom is -0.493 e. The first-order valence-corrected chi connectivity index (χ1v) is 26.0. The molecule has 19 heteroatoms. The molecular formula is C52H57F3N6O9S. The third kappa shape index (κ3) is 9.69. The van der Waals surface area contributed by atoms with Crippen molar-refractivity contribution in [3.05, 3.63) is 107 Å². The van der Waals surface area contributed by atoms with Crippen LogP contribution in [0.3, 0.4) is 0 Å². The predicted octanol–water partition coefficient (Wildman–Crippen LogP) is 7.71. The van der Waals surface area contributed by atoms with Crippen molar-refractivity contribution in [2.45, 2.75) is 69.8 Å². The van der Waals surface area contributed by atoms with E-state index in [-0.39, 0.29) is 46.9 Å². The van der Waals surface area contributed by atoms with Gasteiger partial charge in [-0.3, -0.25) is 39.0 Å². The highest BCUT2D eigenvalue weighted by atomic mass is 32.2. The number of sulfone groups is 1. The Morgan fingerprint density at radius 2 is 1.58 bits per heavy atom. The summed E-state index contributed by atoms with van der Waals surface area (Å²) in [7, 11) is -0.537. The van der Waals surface area contributed by atoms with Crippen LogP contribution in [-0.2, 0) is 37.8 Å². The molecular weight excluding hydrogens is 942 g/mol. The number of imide groups is 2. The van der Waals surface area contributed by atoms with Gasteiger partial charge >= 0.3 is 0 Å². The molecule has 1 N–H and O–H groups in total. The number of halogens is 3. The second-order valence-electron chi connectivity index (χ2n) is 19.4. The highest BCUT2D eigenvalue weighted by Gasteiger charge is 2.46. The van der Waals surface area contributed by atoms with E-state index in [2.05, 4.69) is 15.3 Å². The van der Waals surface area contributed by atoms with Crippen LogP contribution < -0.4 is 24.4 Å². The molecule has 15 nitrogen and oxygen atoms in total. The summed E-state index contributed by atoms with van der Waals surface area (Å²) in [4.78, 5) is 58.1. The summed E-state index contributed by atoms with van der Waals surface area (Å²) in [6, 6.07) is 17.0. The molecule has 4 aliphatic heterocycles. The minimum atomic E-state index is -3.68. The maximum atomic E-state index is 15.8. The summed E-state index contributed by atoms with van der Waals surface area (Å²) in [6.07, 6.45) is 4.57. The van der Waals surface area contributed by atoms with Crippen LogP contribution in [0.1, 0.15) is 96.0 Å². The number of hydrogen-bond donors (Lipinski definition) is 1. The van der Waals surface area contributed by atoms with Crippen molar-refractivity contribution >= 4 is 50.1 Å². The normalized spacial score (nSPS) is 20.1. The predicted molar refractivity (Wildman–Crippen MR) is 258 cm³/mol. The van der Waals surface area contributed by atoms with Gasteiger partial charge in [0.15, 0.2) is 23.1 Å². The average molecular weight is 999 g/mol. The van der Waals surface area contributed by atoms with Crippen molar-refractivity contribution < 1.29 is 55.0 Å². The first-order chi connectivity index (χ1) is 33.8. The van der Waals surface area contributed by atoms with Gasteiger partial charge in [0, 0.05) is 49.8 Å². The molecule has 0 radical (unpaired) electrons. The van der Waals surface area contributed by atoms with Crippen LogP contribution in [0, 0.1) is 17.7 Å². The van der Waals surface area contributed by atoms with Crippen LogP contribution in [0.5, 0.6) is 23.0 Å². The number of amides is 4. The lowest BCUT2D eigenvalue weighted by Crippen LogP contribution is -2.50. The van der Waals surface area contributed by atoms with Gasteiger partial charge in [0.2, 0.25) is 11.8 Å². The van der Waals surface area contributed by atoms with Gasteiger partial charge in [-0.2, -0.15) is 13.9 Å². The first kappa shape index (κ1) is 49.5. The van der Waals surface area contributed by atoms with Crippen molar-refractivity contribution in [2.24, 2.45) is 18.9 Å². The van der Waals surface area contributed by atoms with E-state index < -0.39 is 63.1 Å². The molecule has 376 valence electrons. The van der Waals surface area contributed by atoms with Gasteiger partial charge < -0.3 is 19.1 Å². The molecule has 5 heterocycles. The smallest absolute Gasteiger partial charge is 0.285 e. The van der Waals surface area contributed by atoms with Gasteiger partial charge in [0.25, 0.3) is 17.7 Å². The van der Waals surface area contributed by atoms with Gasteiger partial charge in [0.05, 0.1) is 65.5 Å². The molecule has 3 saturated heterocycles. The van der Waals surface area contributed by atoms with Crippen molar-refractivity contribution in [1.29, 1.82) is 0 Å². The number of aromatic nitrogens is 2. The molecule has 0 bridgehead atoms. The molecule has 4 amide bonds. The summed E-state index contributed by atoms with van der Waals surface area (Å²) >= 11 is 0. The third-order valence-electron chi connectivity index (χ3n) is 14.7. The first-order valence-electron chi connectivity index (χ1n) is 23.9. The fourth-order valence-electron chi connectivity index (χ4n) is 10.8. The highest BCUT2D eigenvalue weighted by Crippen LogP contribution is 2.43. The Bertz CT molecular complexity index is 3020. The van der Waals surface area contributed by atoms with E-state index in [0.29, 0.717) is 84.0 Å². The van der Waals surface area contributed by atoms with E-state index >= 15 is 13.2 Å². The van der Waals surface area contributed by atoms with E-state index in [1.165, 1.54) is 48.2 Å². The lowest BCUT2D eigenvalue weighted by atomic mass is 9.77. The number of nitrogens with one attached hydrogen (secondary N) is 1. The number of carbonyl (C=O) groups excluding carboxylic acids is 4. The second kappa shape index (κ2) is 19.3. The van der Waals surface area contributed by atoms with Crippen molar-refractivity contribution in [2.75, 3.05) is 63.3 Å². The minimum absolute atomic E-state index is 0.127. The lowest BCUT2D eigenvalue weighted by Gasteiger charge is -2.41. The fourth-order valence-corrected chi connectivity index (χ4v) is 11.8. The number of ether oxygens (including phenoxy) is 3. The Balaban J connectivity index is 0.799. The molecule has 2 atom stereocenters. The van der Waals surface area contributed by atoms with Crippen LogP contribution in [0.2, 0.25) is 0 Å². The SMILES string of the molecule is CCOc1cc(C(CS(C)(=O)=O)N2C(=O)c3cccc(N4CCC(C5CCN(CC(F)(F)c6ccc(Oc7cc8c(cc7F)c([C@]7(C)CCC(=O)NC7=O)nn8C)cc6)CC5)CC4)c3C2=O)ccc1OC. The summed E-state index contributed by atoms with van der Waals surface area (Å²) in [5, 5.41) is 7.26. The van der Waals surface area contributed by atoms with E-state index in [1.807, 2.05) is 6.07 Å². The Morgan fingerprint density at radius 3 is 2.23 bits per heavy atom. The summed E-state index contributed by atoms with van der Waals surface area (Å²) in [5.74, 6) is -4.90. The zero-order valence-corrected chi connectivity index (χ0v) is 41.1. The van der Waals surface area contributed by atoms with Crippen LogP contribution in [0.4, 0.5) is 18.9 Å². The van der Waals surface area contributed by atoms with Gasteiger partial charge in [-0.25, -0.2) is 12.8 Å². The zero-order valence-electron chi connectivity index (χ0n) is 40.3. The number of anilines is 1. The quantitative estimate of drug-likeness (QED) is 0.102. The van der Waals surface area contributed by atoms with E-state index in [1.54, 1.807) is 56.1 Å². The standard InChI is InChI=1S/C52H57F3N6O9S/c1-6-69-44-26-33(10-15-42(44)68-4)41(29-71(5,66)67)61-48(63)36-8-7-9-39(46(36)49(61)64)60-24-19-32(20-25-60)31-17-22-59(23-18-31)30-52(54,55)34-11-13-35(14-12-34)70-43-28-40-37(27-38(43)53)47(57-58(40)3)51(2)21-16-45(62)56-50(51)65/h7-15,26-28,31-32,41H,6,16-25,29-30H2,1-5H3,(H,56,62,65)/t41?,51-/m0/s1. The zero-order chi connectivity index (χ0) is 50.6. The summed E-state index contributed by atoms with van der Waals surface area (Å²) in [5.41, 5.74) is 1.00. The Labute approximate surface area is 410 Å². The van der Waals surface area contributed by atoms with Crippen molar-refractivity contribution in [3.8, 4) is 23.0 Å². The molecule has 0 aliphatic carbocycles. The third-order valence-corrected chi connectivity index (χ3v) is 15.6. The molecule has 1 unspecified atom stereocenters. The highest BCUT2D eigenvalue weighted by molar-refractivity contribution is 7.90. The average Bonchev–Trinajstić information content (AvgIpc) is 3.80. The molecule has 5 aromatic rings. The lowest BCUT2D eigenvalue weighted by molar-refractivity contribution is -0.137. The number of rotatable bonds is 15. The number of likely N-dealkylation sites (tertiary alicyclic amines) is 1. The second-order valence-corrected chi connectivity index (χ2v) is 21.6. The number of benzene rings is 4. The number of carbonyl (C=O) groups is 4. The van der Waals surface area contributed by atoms with E-state index in [9.17, 15) is 27.6 Å². The number of fused-ring (bicyclic) bond motifs is 2. The molecule has 0 saturated carbocycles. The van der Waals surface area contributed by atoms with Crippen molar-refractivity contribution in [3.63, 3.8) is 0 Å². The number of methoxy groups -OCH3 is 1.